The molecule has 27 heavy (non-hydrogen) atoms. The minimum absolute atomic E-state index is 0.219. The SMILES string of the molecule is COc1cc(OC)c(C(=O)N(C)CC(=O)Nc2cccc(F)c2)cc1OC. The van der Waals surface area contributed by atoms with Gasteiger partial charge in [-0.05, 0) is 18.2 Å². The van der Waals surface area contributed by atoms with Gasteiger partial charge in [0.25, 0.3) is 5.91 Å². The normalized spacial score (nSPS) is 10.1. The maximum atomic E-state index is 13.2. The summed E-state index contributed by atoms with van der Waals surface area (Å²) in [4.78, 5) is 26.1. The molecule has 0 fully saturated rings. The van der Waals surface area contributed by atoms with E-state index >= 15 is 0 Å². The van der Waals surface area contributed by atoms with Gasteiger partial charge < -0.3 is 24.4 Å². The molecule has 0 aliphatic heterocycles. The first-order valence-electron chi connectivity index (χ1n) is 8.00. The van der Waals surface area contributed by atoms with Gasteiger partial charge in [0.15, 0.2) is 11.5 Å². The summed E-state index contributed by atoms with van der Waals surface area (Å²) in [5.74, 6) is -0.308. The zero-order valence-electron chi connectivity index (χ0n) is 15.5. The second-order valence-corrected chi connectivity index (χ2v) is 5.63. The van der Waals surface area contributed by atoms with Gasteiger partial charge in [-0.15, -0.1) is 0 Å². The molecule has 2 amide bonds. The number of nitrogens with one attached hydrogen (secondary N) is 1. The highest BCUT2D eigenvalue weighted by molar-refractivity contribution is 6.01. The van der Waals surface area contributed by atoms with E-state index in [0.29, 0.717) is 17.2 Å². The number of carbonyl (C=O) groups excluding carboxylic acids is 2. The number of rotatable bonds is 7. The van der Waals surface area contributed by atoms with Crippen molar-refractivity contribution in [3.63, 3.8) is 0 Å². The van der Waals surface area contributed by atoms with E-state index in [1.165, 1.54) is 63.6 Å². The number of ether oxygens (including phenoxy) is 3. The van der Waals surface area contributed by atoms with Gasteiger partial charge in [0.2, 0.25) is 5.91 Å². The predicted molar refractivity (Wildman–Crippen MR) is 98.1 cm³/mol. The summed E-state index contributed by atoms with van der Waals surface area (Å²) in [7, 11) is 5.83. The summed E-state index contributed by atoms with van der Waals surface area (Å²) < 4.78 is 28.8. The van der Waals surface area contributed by atoms with E-state index in [0.717, 1.165) is 0 Å². The van der Waals surface area contributed by atoms with Crippen molar-refractivity contribution in [2.45, 2.75) is 0 Å². The quantitative estimate of drug-likeness (QED) is 0.804. The van der Waals surface area contributed by atoms with Crippen molar-refractivity contribution in [2.75, 3.05) is 40.2 Å². The first kappa shape index (κ1) is 20.0. The number of methoxy groups -OCH3 is 3. The third-order valence-electron chi connectivity index (χ3n) is 3.77. The van der Waals surface area contributed by atoms with Gasteiger partial charge in [-0.3, -0.25) is 9.59 Å². The smallest absolute Gasteiger partial charge is 0.257 e. The third-order valence-corrected chi connectivity index (χ3v) is 3.77. The topological polar surface area (TPSA) is 77.1 Å². The lowest BCUT2D eigenvalue weighted by Crippen LogP contribution is -2.35. The number of nitrogens with zero attached hydrogens (tertiary/aromatic N) is 1. The molecule has 144 valence electrons. The maximum absolute atomic E-state index is 13.2. The molecule has 8 heteroatoms. The van der Waals surface area contributed by atoms with Crippen LogP contribution in [-0.2, 0) is 4.79 Å². The summed E-state index contributed by atoms with van der Waals surface area (Å²) >= 11 is 0. The number of amides is 2. The number of anilines is 1. The summed E-state index contributed by atoms with van der Waals surface area (Å²) in [6.45, 7) is -0.229. The molecule has 0 aliphatic rings. The van der Waals surface area contributed by atoms with Crippen LogP contribution in [0.5, 0.6) is 17.2 Å². The highest BCUT2D eigenvalue weighted by Gasteiger charge is 2.22. The van der Waals surface area contributed by atoms with Crippen LogP contribution >= 0.6 is 0 Å². The van der Waals surface area contributed by atoms with Crippen LogP contribution in [0.2, 0.25) is 0 Å². The molecule has 0 aromatic heterocycles. The van der Waals surface area contributed by atoms with E-state index in [2.05, 4.69) is 5.32 Å². The molecule has 0 unspecified atom stereocenters. The number of carbonyl (C=O) groups is 2. The monoisotopic (exact) mass is 376 g/mol. The van der Waals surface area contributed by atoms with Gasteiger partial charge >= 0.3 is 0 Å². The number of halogens is 1. The predicted octanol–water partition coefficient (Wildman–Crippen LogP) is 2.56. The average molecular weight is 376 g/mol. The van der Waals surface area contributed by atoms with Crippen molar-refractivity contribution >= 4 is 17.5 Å². The summed E-state index contributed by atoms with van der Waals surface area (Å²) in [5, 5.41) is 2.54. The summed E-state index contributed by atoms with van der Waals surface area (Å²) in [5.41, 5.74) is 0.528. The Bertz CT molecular complexity index is 841. The Morgan fingerprint density at radius 2 is 1.63 bits per heavy atom. The van der Waals surface area contributed by atoms with Gasteiger partial charge in [0.1, 0.15) is 11.6 Å². The first-order valence-corrected chi connectivity index (χ1v) is 8.00. The number of benzene rings is 2. The molecule has 0 aliphatic carbocycles. The van der Waals surface area contributed by atoms with Crippen molar-refractivity contribution < 1.29 is 28.2 Å². The Balaban J connectivity index is 2.15. The fourth-order valence-corrected chi connectivity index (χ4v) is 2.46. The van der Waals surface area contributed by atoms with Crippen LogP contribution in [-0.4, -0.2) is 51.6 Å². The van der Waals surface area contributed by atoms with Crippen LogP contribution in [0.1, 0.15) is 10.4 Å². The molecule has 0 spiro atoms. The van der Waals surface area contributed by atoms with E-state index < -0.39 is 17.6 Å². The Morgan fingerprint density at radius 3 is 2.22 bits per heavy atom. The molecule has 2 rings (SSSR count). The van der Waals surface area contributed by atoms with Gasteiger partial charge in [-0.25, -0.2) is 4.39 Å². The highest BCUT2D eigenvalue weighted by Crippen LogP contribution is 2.35. The van der Waals surface area contributed by atoms with Crippen LogP contribution in [0.15, 0.2) is 36.4 Å². The van der Waals surface area contributed by atoms with Crippen molar-refractivity contribution in [2.24, 2.45) is 0 Å². The second-order valence-electron chi connectivity index (χ2n) is 5.63. The zero-order chi connectivity index (χ0) is 20.0. The van der Waals surface area contributed by atoms with E-state index in [4.69, 9.17) is 14.2 Å². The molecule has 0 atom stereocenters. The molecular weight excluding hydrogens is 355 g/mol. The van der Waals surface area contributed by atoms with Crippen LogP contribution in [0, 0.1) is 5.82 Å². The van der Waals surface area contributed by atoms with E-state index in [1.807, 2.05) is 0 Å². The molecule has 0 saturated heterocycles. The molecule has 0 saturated carbocycles. The Hall–Kier alpha value is -3.29. The standard InChI is InChI=1S/C19H21FN2O5/c1-22(11-18(23)21-13-7-5-6-12(20)8-13)19(24)14-9-16(26-3)17(27-4)10-15(14)25-2/h5-10H,11H2,1-4H3,(H,21,23). The molecule has 0 heterocycles. The Kier molecular flexibility index (Phi) is 6.59. The lowest BCUT2D eigenvalue weighted by molar-refractivity contribution is -0.116. The zero-order valence-corrected chi connectivity index (χ0v) is 15.5. The van der Waals surface area contributed by atoms with Crippen LogP contribution in [0.25, 0.3) is 0 Å². The number of hydrogen-bond acceptors (Lipinski definition) is 5. The minimum Gasteiger partial charge on any atom is -0.496 e. The van der Waals surface area contributed by atoms with Gasteiger partial charge in [-0.2, -0.15) is 0 Å². The van der Waals surface area contributed by atoms with E-state index in [-0.39, 0.29) is 17.9 Å². The Morgan fingerprint density at radius 1 is 1.00 bits per heavy atom. The second kappa shape index (κ2) is 8.88. The fraction of sp³-hybridized carbons (Fsp3) is 0.263. The lowest BCUT2D eigenvalue weighted by atomic mass is 10.1. The largest absolute Gasteiger partial charge is 0.496 e. The van der Waals surface area contributed by atoms with Crippen LogP contribution < -0.4 is 19.5 Å². The Labute approximate surface area is 156 Å². The molecule has 0 radical (unpaired) electrons. The van der Waals surface area contributed by atoms with Crippen molar-refractivity contribution in [3.8, 4) is 17.2 Å². The highest BCUT2D eigenvalue weighted by atomic mass is 19.1. The third kappa shape index (κ3) is 4.87. The maximum Gasteiger partial charge on any atom is 0.257 e. The average Bonchev–Trinajstić information content (AvgIpc) is 2.65. The number of hydrogen-bond donors (Lipinski definition) is 1. The van der Waals surface area contributed by atoms with Crippen molar-refractivity contribution in [3.05, 3.63) is 47.8 Å². The molecule has 2 aromatic rings. The fourth-order valence-electron chi connectivity index (χ4n) is 2.46. The van der Waals surface area contributed by atoms with Crippen LogP contribution in [0.4, 0.5) is 10.1 Å². The van der Waals surface area contributed by atoms with Gasteiger partial charge in [0.05, 0.1) is 33.4 Å². The molecule has 1 N–H and O–H groups in total. The first-order chi connectivity index (χ1) is 12.9. The summed E-state index contributed by atoms with van der Waals surface area (Å²) in [6.07, 6.45) is 0. The molecular formula is C19H21FN2O5. The van der Waals surface area contributed by atoms with E-state index in [9.17, 15) is 14.0 Å². The van der Waals surface area contributed by atoms with Crippen molar-refractivity contribution in [1.82, 2.24) is 4.90 Å². The lowest BCUT2D eigenvalue weighted by Gasteiger charge is -2.19. The molecule has 2 aromatic carbocycles. The minimum atomic E-state index is -0.465. The van der Waals surface area contributed by atoms with Crippen molar-refractivity contribution in [1.29, 1.82) is 0 Å². The van der Waals surface area contributed by atoms with Crippen LogP contribution in [0.3, 0.4) is 0 Å². The van der Waals surface area contributed by atoms with E-state index in [1.54, 1.807) is 6.07 Å². The number of likely N-dealkylation sites (N-methyl/N-ethyl adjacent to an activating group) is 1. The van der Waals surface area contributed by atoms with Gasteiger partial charge in [0, 0.05) is 24.9 Å². The molecule has 7 nitrogen and oxygen atoms in total. The molecule has 0 bridgehead atoms. The van der Waals surface area contributed by atoms with Gasteiger partial charge in [-0.1, -0.05) is 6.07 Å². The summed E-state index contributed by atoms with van der Waals surface area (Å²) in [6, 6.07) is 8.52.